The number of nitrogens with zero attached hydrogens (tertiary/aromatic N) is 1. The maximum Gasteiger partial charge on any atom is 0.309 e. The average Bonchev–Trinajstić information content (AvgIpc) is 3.64. The van der Waals surface area contributed by atoms with Crippen molar-refractivity contribution in [2.24, 2.45) is 67.5 Å². The van der Waals surface area contributed by atoms with E-state index in [0.717, 1.165) is 37.1 Å². The third kappa shape index (κ3) is 6.32. The van der Waals surface area contributed by atoms with Crippen LogP contribution in [0.5, 0.6) is 0 Å². The molecule has 0 saturated heterocycles. The van der Waals surface area contributed by atoms with Crippen molar-refractivity contribution in [3.63, 3.8) is 0 Å². The lowest BCUT2D eigenvalue weighted by molar-refractivity contribution is -0.252. The molecule has 6 fully saturated rings. The number of rotatable bonds is 13. The number of carboxylic acids is 1. The van der Waals surface area contributed by atoms with Crippen LogP contribution in [0.15, 0.2) is 0 Å². The quantitative estimate of drug-likeness (QED) is 0.148. The van der Waals surface area contributed by atoms with Crippen LogP contribution in [-0.4, -0.2) is 61.8 Å². The molecule has 6 rings (SSSR count). The van der Waals surface area contributed by atoms with E-state index in [-0.39, 0.29) is 29.3 Å². The number of carbonyl (C=O) groups excluding carboxylic acids is 1. The van der Waals surface area contributed by atoms with Crippen molar-refractivity contribution in [3.05, 3.63) is 0 Å². The second-order valence-electron chi connectivity index (χ2n) is 21.6. The number of unbranched alkanes of at least 4 members (excludes halogenated alkanes) is 1. The lowest BCUT2D eigenvalue weighted by Crippen LogP contribution is -2.67. The molecular formula is C44H76N2O4. The minimum Gasteiger partial charge on any atom is -0.481 e. The van der Waals surface area contributed by atoms with E-state index in [0.29, 0.717) is 33.5 Å². The Morgan fingerprint density at radius 2 is 1.50 bits per heavy atom. The van der Waals surface area contributed by atoms with Crippen molar-refractivity contribution in [3.8, 4) is 0 Å². The predicted octanol–water partition coefficient (Wildman–Crippen LogP) is 9.60. The number of carboxylic acid groups (broad SMARTS) is 1. The van der Waals surface area contributed by atoms with Crippen LogP contribution in [0.25, 0.3) is 0 Å². The highest BCUT2D eigenvalue weighted by Gasteiger charge is 2.72. The normalized spacial score (nSPS) is 42.9. The Morgan fingerprint density at radius 1 is 0.780 bits per heavy atom. The van der Waals surface area contributed by atoms with Crippen LogP contribution in [0.4, 0.5) is 0 Å². The van der Waals surface area contributed by atoms with E-state index < -0.39 is 11.4 Å². The van der Waals surface area contributed by atoms with Gasteiger partial charge in [0.25, 0.3) is 0 Å². The van der Waals surface area contributed by atoms with Gasteiger partial charge in [-0.25, -0.2) is 0 Å². The number of aliphatic carboxylic acids is 1. The van der Waals surface area contributed by atoms with Gasteiger partial charge in [0.2, 0.25) is 0 Å². The number of esters is 1. The molecule has 6 saturated carbocycles. The van der Waals surface area contributed by atoms with Crippen LogP contribution in [0.3, 0.4) is 0 Å². The second kappa shape index (κ2) is 13.3. The summed E-state index contributed by atoms with van der Waals surface area (Å²) >= 11 is 0. The maximum absolute atomic E-state index is 13.1. The standard InChI is InChI=1S/C44H76N2O4/c1-38(2,37(48)49)29-35(47)50-34-17-18-41(6)32(39(34,3)4)16-19-43(8)33(41)14-13-31-36-30(40(5)21-22-40)15-20-44(36,24-23-42(31,43)7)25-27-45-26-11-12-28-46(9)10/h30-34,36,45H,11-29H2,1-10H3,(H,48,49)/t30-,31-,32+,33-,34+,36-,41+,42-,43-,44-/m1/s1. The summed E-state index contributed by atoms with van der Waals surface area (Å²) in [5.74, 6) is 2.54. The van der Waals surface area contributed by atoms with Gasteiger partial charge in [-0.1, -0.05) is 41.5 Å². The Labute approximate surface area is 306 Å². The molecule has 0 aromatic carbocycles. The van der Waals surface area contributed by atoms with E-state index in [9.17, 15) is 14.7 Å². The summed E-state index contributed by atoms with van der Waals surface area (Å²) in [7, 11) is 4.36. The summed E-state index contributed by atoms with van der Waals surface area (Å²) < 4.78 is 6.22. The van der Waals surface area contributed by atoms with Gasteiger partial charge in [-0.15, -0.1) is 0 Å². The van der Waals surface area contributed by atoms with Gasteiger partial charge in [0.1, 0.15) is 6.10 Å². The largest absolute Gasteiger partial charge is 0.481 e. The molecule has 0 spiro atoms. The number of hydrogen-bond acceptors (Lipinski definition) is 5. The third-order valence-corrected chi connectivity index (χ3v) is 17.9. The first-order chi connectivity index (χ1) is 23.3. The van der Waals surface area contributed by atoms with Crippen molar-refractivity contribution in [1.82, 2.24) is 10.2 Å². The van der Waals surface area contributed by atoms with Gasteiger partial charge in [0.05, 0.1) is 11.8 Å². The predicted molar refractivity (Wildman–Crippen MR) is 203 cm³/mol. The molecule has 0 unspecified atom stereocenters. The van der Waals surface area contributed by atoms with Crippen molar-refractivity contribution in [2.75, 3.05) is 33.7 Å². The number of nitrogens with one attached hydrogen (secondary N) is 1. The zero-order valence-corrected chi connectivity index (χ0v) is 34.0. The summed E-state index contributed by atoms with van der Waals surface area (Å²) in [5.41, 5.74) is 0.817. The lowest BCUT2D eigenvalue weighted by atomic mass is 9.32. The molecule has 50 heavy (non-hydrogen) atoms. The van der Waals surface area contributed by atoms with Gasteiger partial charge in [-0.3, -0.25) is 9.59 Å². The van der Waals surface area contributed by atoms with Crippen LogP contribution in [0, 0.1) is 67.5 Å². The highest BCUT2D eigenvalue weighted by molar-refractivity contribution is 5.81. The molecule has 0 radical (unpaired) electrons. The molecule has 0 bridgehead atoms. The molecule has 6 aliphatic carbocycles. The van der Waals surface area contributed by atoms with Crippen LogP contribution < -0.4 is 5.32 Å². The van der Waals surface area contributed by atoms with E-state index in [1.807, 2.05) is 0 Å². The highest BCUT2D eigenvalue weighted by Crippen LogP contribution is 2.79. The Bertz CT molecular complexity index is 1270. The molecule has 286 valence electrons. The fourth-order valence-corrected chi connectivity index (χ4v) is 14.5. The van der Waals surface area contributed by atoms with Gasteiger partial charge in [0, 0.05) is 5.41 Å². The SMILES string of the molecule is CN(C)CCCCNCC[C@]12CC[C@@H](C3(C)CC3)[C@@H]1[C@H]1CC[C@@H]3[C@@]4(C)CC[C@H](OC(=O)CC(C)(C)C(=O)O)C(C)(C)[C@@H]4CC[C@@]3(C)[C@]1(C)CC2. The van der Waals surface area contributed by atoms with Crippen LogP contribution in [0.1, 0.15) is 158 Å². The molecule has 6 heteroatoms. The Hall–Kier alpha value is -1.14. The van der Waals surface area contributed by atoms with Gasteiger partial charge in [-0.2, -0.15) is 0 Å². The molecule has 6 nitrogen and oxygen atoms in total. The number of ether oxygens (including phenoxy) is 1. The lowest BCUT2D eigenvalue weighted by Gasteiger charge is -2.73. The van der Waals surface area contributed by atoms with E-state index >= 15 is 0 Å². The molecule has 2 N–H and O–H groups in total. The number of hydrogen-bond donors (Lipinski definition) is 2. The van der Waals surface area contributed by atoms with Crippen molar-refractivity contribution in [2.45, 2.75) is 164 Å². The Morgan fingerprint density at radius 3 is 2.16 bits per heavy atom. The fraction of sp³-hybridized carbons (Fsp3) is 0.955. The third-order valence-electron chi connectivity index (χ3n) is 17.9. The van der Waals surface area contributed by atoms with Crippen LogP contribution >= 0.6 is 0 Å². The first kappa shape index (κ1) is 38.6. The first-order valence-corrected chi connectivity index (χ1v) is 21.0. The number of fused-ring (bicyclic) bond motifs is 7. The average molecular weight is 697 g/mol. The highest BCUT2D eigenvalue weighted by atomic mass is 16.5. The summed E-state index contributed by atoms with van der Waals surface area (Å²) in [4.78, 5) is 27.2. The monoisotopic (exact) mass is 697 g/mol. The Balaban J connectivity index is 1.19. The maximum atomic E-state index is 13.1. The Kier molecular flexibility index (Phi) is 10.3. The van der Waals surface area contributed by atoms with Crippen molar-refractivity contribution < 1.29 is 19.4 Å². The molecular weight excluding hydrogens is 620 g/mol. The molecule has 10 atom stereocenters. The second-order valence-corrected chi connectivity index (χ2v) is 21.6. The van der Waals surface area contributed by atoms with Gasteiger partial charge in [0.15, 0.2) is 0 Å². The van der Waals surface area contributed by atoms with E-state index in [1.165, 1.54) is 96.6 Å². The van der Waals surface area contributed by atoms with Crippen molar-refractivity contribution >= 4 is 11.9 Å². The number of carbonyl (C=O) groups is 2. The summed E-state index contributed by atoms with van der Waals surface area (Å²) in [5, 5.41) is 13.5. The zero-order chi connectivity index (χ0) is 36.5. The molecule has 6 aliphatic rings. The molecule has 0 heterocycles. The molecule has 0 aliphatic heterocycles. The van der Waals surface area contributed by atoms with E-state index in [4.69, 9.17) is 4.74 Å². The van der Waals surface area contributed by atoms with Gasteiger partial charge >= 0.3 is 11.9 Å². The topological polar surface area (TPSA) is 78.9 Å². The van der Waals surface area contributed by atoms with Crippen LogP contribution in [0.2, 0.25) is 0 Å². The molecule has 0 aromatic heterocycles. The first-order valence-electron chi connectivity index (χ1n) is 21.0. The van der Waals surface area contributed by atoms with Gasteiger partial charge < -0.3 is 20.1 Å². The molecule has 0 aromatic rings. The minimum atomic E-state index is -1.11. The smallest absolute Gasteiger partial charge is 0.309 e. The minimum absolute atomic E-state index is 0.0766. The summed E-state index contributed by atoms with van der Waals surface area (Å²) in [6, 6.07) is 0. The molecule has 0 amide bonds. The summed E-state index contributed by atoms with van der Waals surface area (Å²) in [6.07, 6.45) is 19.6. The van der Waals surface area contributed by atoms with E-state index in [2.05, 4.69) is 65.9 Å². The summed E-state index contributed by atoms with van der Waals surface area (Å²) in [6.45, 7) is 22.3. The van der Waals surface area contributed by atoms with Gasteiger partial charge in [-0.05, 0) is 201 Å². The van der Waals surface area contributed by atoms with Crippen molar-refractivity contribution in [1.29, 1.82) is 0 Å². The zero-order valence-electron chi connectivity index (χ0n) is 34.0. The van der Waals surface area contributed by atoms with Crippen LogP contribution in [-0.2, 0) is 14.3 Å². The fourth-order valence-electron chi connectivity index (χ4n) is 14.5. The van der Waals surface area contributed by atoms with E-state index in [1.54, 1.807) is 13.8 Å².